The van der Waals surface area contributed by atoms with Gasteiger partial charge < -0.3 is 10.6 Å². The van der Waals surface area contributed by atoms with Crippen molar-refractivity contribution in [2.24, 2.45) is 11.7 Å². The molecule has 3 nitrogen and oxygen atoms in total. The Morgan fingerprint density at radius 2 is 1.95 bits per heavy atom. The number of carbonyl (C=O) groups excluding carboxylic acids is 1. The zero-order valence-corrected chi connectivity index (χ0v) is 13.3. The fourth-order valence-corrected chi connectivity index (χ4v) is 3.79. The maximum absolute atomic E-state index is 12.6. The van der Waals surface area contributed by atoms with Crippen molar-refractivity contribution in [1.82, 2.24) is 0 Å². The van der Waals surface area contributed by atoms with Crippen LogP contribution in [0.2, 0.25) is 0 Å². The molecule has 1 aromatic rings. The molecule has 0 saturated heterocycles. The van der Waals surface area contributed by atoms with Crippen LogP contribution in [-0.4, -0.2) is 19.0 Å². The molecule has 118 valence electrons. The highest BCUT2D eigenvalue weighted by Crippen LogP contribution is 2.37. The zero-order valence-electron chi connectivity index (χ0n) is 13.3. The number of hydrogen-bond acceptors (Lipinski definition) is 2. The molecule has 1 aliphatic heterocycles. The Morgan fingerprint density at radius 1 is 1.18 bits per heavy atom. The van der Waals surface area contributed by atoms with Crippen molar-refractivity contribution in [1.29, 1.82) is 0 Å². The summed E-state index contributed by atoms with van der Waals surface area (Å²) >= 11 is 0. The summed E-state index contributed by atoms with van der Waals surface area (Å²) < 4.78 is 0. The smallest absolute Gasteiger partial charge is 0.258 e. The number of para-hydroxylation sites is 1. The van der Waals surface area contributed by atoms with Crippen molar-refractivity contribution >= 4 is 17.2 Å². The SMILES string of the molecule is NCCN1C(=O)/C(=C/CCC2CCCCC2)c2ccccc21. The Hall–Kier alpha value is -1.61. The van der Waals surface area contributed by atoms with Crippen LogP contribution < -0.4 is 10.6 Å². The van der Waals surface area contributed by atoms with Gasteiger partial charge in [-0.05, 0) is 24.8 Å². The zero-order chi connectivity index (χ0) is 15.4. The van der Waals surface area contributed by atoms with Crippen LogP contribution in [0.5, 0.6) is 0 Å². The van der Waals surface area contributed by atoms with E-state index in [2.05, 4.69) is 12.1 Å². The largest absolute Gasteiger partial charge is 0.329 e. The molecule has 3 heteroatoms. The van der Waals surface area contributed by atoms with Gasteiger partial charge in [-0.2, -0.15) is 0 Å². The van der Waals surface area contributed by atoms with Gasteiger partial charge in [-0.1, -0.05) is 56.4 Å². The molecule has 1 saturated carbocycles. The average molecular weight is 298 g/mol. The van der Waals surface area contributed by atoms with Crippen molar-refractivity contribution in [3.63, 3.8) is 0 Å². The topological polar surface area (TPSA) is 46.3 Å². The number of rotatable bonds is 5. The Kier molecular flexibility index (Phi) is 4.94. The van der Waals surface area contributed by atoms with Crippen molar-refractivity contribution in [2.45, 2.75) is 44.9 Å². The van der Waals surface area contributed by atoms with Gasteiger partial charge in [-0.25, -0.2) is 0 Å². The fraction of sp³-hybridized carbons (Fsp3) is 0.526. The monoisotopic (exact) mass is 298 g/mol. The van der Waals surface area contributed by atoms with Crippen LogP contribution in [0.15, 0.2) is 30.3 Å². The molecule has 22 heavy (non-hydrogen) atoms. The maximum Gasteiger partial charge on any atom is 0.258 e. The molecular formula is C19H26N2O. The minimum Gasteiger partial charge on any atom is -0.329 e. The summed E-state index contributed by atoms with van der Waals surface area (Å²) in [5.74, 6) is 0.979. The summed E-state index contributed by atoms with van der Waals surface area (Å²) in [6.07, 6.45) is 11.3. The minimum absolute atomic E-state index is 0.121. The van der Waals surface area contributed by atoms with Crippen LogP contribution in [0.1, 0.15) is 50.5 Å². The second-order valence-electron chi connectivity index (χ2n) is 6.46. The molecule has 0 aromatic heterocycles. The van der Waals surface area contributed by atoms with Gasteiger partial charge in [0.25, 0.3) is 5.91 Å². The minimum atomic E-state index is 0.121. The normalized spacial score (nSPS) is 20.7. The van der Waals surface area contributed by atoms with E-state index >= 15 is 0 Å². The molecule has 0 bridgehead atoms. The van der Waals surface area contributed by atoms with Gasteiger partial charge in [0.05, 0.1) is 5.69 Å². The van der Waals surface area contributed by atoms with E-state index in [1.165, 1.54) is 38.5 Å². The lowest BCUT2D eigenvalue weighted by atomic mass is 9.86. The van der Waals surface area contributed by atoms with Gasteiger partial charge in [0.2, 0.25) is 0 Å². The van der Waals surface area contributed by atoms with Crippen molar-refractivity contribution < 1.29 is 4.79 Å². The lowest BCUT2D eigenvalue weighted by Gasteiger charge is -2.20. The number of amides is 1. The summed E-state index contributed by atoms with van der Waals surface area (Å²) in [6.45, 7) is 1.09. The van der Waals surface area contributed by atoms with Crippen LogP contribution in [0.3, 0.4) is 0 Å². The van der Waals surface area contributed by atoms with Crippen LogP contribution in [0, 0.1) is 5.92 Å². The van der Waals surface area contributed by atoms with E-state index in [0.29, 0.717) is 13.1 Å². The van der Waals surface area contributed by atoms with Crippen molar-refractivity contribution in [2.75, 3.05) is 18.0 Å². The Morgan fingerprint density at radius 3 is 2.73 bits per heavy atom. The third kappa shape index (κ3) is 3.09. The molecule has 1 aliphatic carbocycles. The summed E-state index contributed by atoms with van der Waals surface area (Å²) in [7, 11) is 0. The fourth-order valence-electron chi connectivity index (χ4n) is 3.79. The highest BCUT2D eigenvalue weighted by Gasteiger charge is 2.31. The molecule has 1 amide bonds. The highest BCUT2D eigenvalue weighted by molar-refractivity contribution is 6.32. The van der Waals surface area contributed by atoms with Gasteiger partial charge in [-0.3, -0.25) is 4.79 Å². The first-order valence-electron chi connectivity index (χ1n) is 8.62. The second kappa shape index (κ2) is 7.10. The quantitative estimate of drug-likeness (QED) is 0.842. The van der Waals surface area contributed by atoms with E-state index in [-0.39, 0.29) is 5.91 Å². The Balaban J connectivity index is 1.72. The van der Waals surface area contributed by atoms with E-state index in [1.807, 2.05) is 23.1 Å². The van der Waals surface area contributed by atoms with E-state index in [0.717, 1.165) is 29.2 Å². The first-order valence-corrected chi connectivity index (χ1v) is 8.62. The van der Waals surface area contributed by atoms with Gasteiger partial charge in [0.1, 0.15) is 0 Å². The molecule has 0 atom stereocenters. The summed E-state index contributed by atoms with van der Waals surface area (Å²) in [4.78, 5) is 14.5. The highest BCUT2D eigenvalue weighted by atomic mass is 16.2. The molecule has 0 radical (unpaired) electrons. The van der Waals surface area contributed by atoms with Gasteiger partial charge in [0.15, 0.2) is 0 Å². The number of fused-ring (bicyclic) bond motifs is 1. The van der Waals surface area contributed by atoms with Crippen molar-refractivity contribution in [3.8, 4) is 0 Å². The lowest BCUT2D eigenvalue weighted by Crippen LogP contribution is -2.31. The molecule has 0 unspecified atom stereocenters. The van der Waals surface area contributed by atoms with Gasteiger partial charge >= 0.3 is 0 Å². The van der Waals surface area contributed by atoms with Crippen LogP contribution >= 0.6 is 0 Å². The number of benzene rings is 1. The predicted molar refractivity (Wildman–Crippen MR) is 91.6 cm³/mol. The predicted octanol–water partition coefficient (Wildman–Crippen LogP) is 3.74. The number of hydrogen-bond donors (Lipinski definition) is 1. The summed E-state index contributed by atoms with van der Waals surface area (Å²) in [6, 6.07) is 8.06. The number of nitrogens with two attached hydrogens (primary N) is 1. The number of allylic oxidation sites excluding steroid dienone is 1. The molecule has 1 aromatic carbocycles. The van der Waals surface area contributed by atoms with Gasteiger partial charge in [0, 0.05) is 24.2 Å². The maximum atomic E-state index is 12.6. The first-order chi connectivity index (χ1) is 10.8. The van der Waals surface area contributed by atoms with Crippen LogP contribution in [0.4, 0.5) is 5.69 Å². The van der Waals surface area contributed by atoms with E-state index in [9.17, 15) is 4.79 Å². The van der Waals surface area contributed by atoms with Crippen molar-refractivity contribution in [3.05, 3.63) is 35.9 Å². The van der Waals surface area contributed by atoms with E-state index < -0.39 is 0 Å². The number of anilines is 1. The molecule has 2 aliphatic rings. The molecular weight excluding hydrogens is 272 g/mol. The summed E-state index contributed by atoms with van der Waals surface area (Å²) in [5.41, 5.74) is 8.62. The average Bonchev–Trinajstić information content (AvgIpc) is 2.82. The number of carbonyl (C=O) groups is 1. The first kappa shape index (κ1) is 15.3. The molecule has 2 N–H and O–H groups in total. The van der Waals surface area contributed by atoms with Gasteiger partial charge in [-0.15, -0.1) is 0 Å². The van der Waals surface area contributed by atoms with E-state index in [1.54, 1.807) is 0 Å². The molecule has 3 rings (SSSR count). The lowest BCUT2D eigenvalue weighted by molar-refractivity contribution is -0.113. The third-order valence-corrected chi connectivity index (χ3v) is 4.96. The third-order valence-electron chi connectivity index (χ3n) is 4.96. The summed E-state index contributed by atoms with van der Waals surface area (Å²) in [5, 5.41) is 0. The number of nitrogens with zero attached hydrogens (tertiary/aromatic N) is 1. The molecule has 1 heterocycles. The van der Waals surface area contributed by atoms with Crippen LogP contribution in [-0.2, 0) is 4.79 Å². The molecule has 1 fully saturated rings. The molecule has 0 spiro atoms. The Bertz CT molecular complexity index is 558. The standard InChI is InChI=1S/C19H26N2O/c20-13-14-21-18-12-5-4-10-16(18)17(19(21)22)11-6-9-15-7-2-1-3-8-15/h4-5,10-12,15H,1-3,6-9,13-14,20H2/b17-11+. The second-order valence-corrected chi connectivity index (χ2v) is 6.46. The van der Waals surface area contributed by atoms with Crippen LogP contribution in [0.25, 0.3) is 5.57 Å². The van der Waals surface area contributed by atoms with E-state index in [4.69, 9.17) is 5.73 Å². The Labute approximate surface area is 133 Å².